The summed E-state index contributed by atoms with van der Waals surface area (Å²) >= 11 is 0. The Balaban J connectivity index is 1.47. The highest BCUT2D eigenvalue weighted by Gasteiger charge is 2.42. The highest BCUT2D eigenvalue weighted by atomic mass is 19.1. The smallest absolute Gasteiger partial charge is 0.315 e. The van der Waals surface area contributed by atoms with Gasteiger partial charge in [0, 0.05) is 18.5 Å². The van der Waals surface area contributed by atoms with E-state index in [1.807, 2.05) is 6.92 Å². The molecule has 0 spiro atoms. The van der Waals surface area contributed by atoms with Crippen molar-refractivity contribution in [3.8, 4) is 11.5 Å². The van der Waals surface area contributed by atoms with Gasteiger partial charge in [0.25, 0.3) is 0 Å². The molecule has 7 heteroatoms. The number of carbonyl (C=O) groups is 1. The number of nitrogens with zero attached hydrogens (tertiary/aromatic N) is 1. The molecule has 1 aromatic heterocycles. The predicted molar refractivity (Wildman–Crippen MR) is 90.4 cm³/mol. The molecule has 1 atom stereocenters. The third-order valence-electron chi connectivity index (χ3n) is 4.52. The molecule has 2 aromatic rings. The summed E-state index contributed by atoms with van der Waals surface area (Å²) in [4.78, 5) is 16.3. The van der Waals surface area contributed by atoms with Crippen LogP contribution in [0.4, 0.5) is 9.18 Å². The number of amides is 2. The molecule has 1 unspecified atom stereocenters. The zero-order valence-electron chi connectivity index (χ0n) is 14.1. The second-order valence-electron chi connectivity index (χ2n) is 6.63. The van der Waals surface area contributed by atoms with Crippen LogP contribution in [-0.4, -0.2) is 34.8 Å². The van der Waals surface area contributed by atoms with Gasteiger partial charge in [-0.3, -0.25) is 0 Å². The summed E-state index contributed by atoms with van der Waals surface area (Å²) in [6.07, 6.45) is 4.10. The molecule has 134 valence electrons. The molecule has 25 heavy (non-hydrogen) atoms. The number of rotatable bonds is 7. The van der Waals surface area contributed by atoms with Crippen molar-refractivity contribution in [3.05, 3.63) is 42.0 Å². The fraction of sp³-hybridized carbons (Fsp3) is 0.444. The monoisotopic (exact) mass is 347 g/mol. The Bertz CT molecular complexity index is 727. The SMILES string of the molecule is CC(CO)(NC(=O)NCCc1coc(-c2ccc(F)cc2)n1)C1CC1. The predicted octanol–water partition coefficient (Wildman–Crippen LogP) is 2.48. The van der Waals surface area contributed by atoms with Crippen LogP contribution in [0.15, 0.2) is 34.9 Å². The lowest BCUT2D eigenvalue weighted by molar-refractivity contribution is 0.155. The maximum Gasteiger partial charge on any atom is 0.315 e. The van der Waals surface area contributed by atoms with Crippen LogP contribution >= 0.6 is 0 Å². The topological polar surface area (TPSA) is 87.4 Å². The van der Waals surface area contributed by atoms with Gasteiger partial charge < -0.3 is 20.2 Å². The molecule has 2 amide bonds. The van der Waals surface area contributed by atoms with Gasteiger partial charge in [-0.25, -0.2) is 14.2 Å². The molecule has 1 aliphatic rings. The van der Waals surface area contributed by atoms with Gasteiger partial charge in [0.05, 0.1) is 17.8 Å². The maximum absolute atomic E-state index is 12.9. The van der Waals surface area contributed by atoms with Crippen LogP contribution in [0.1, 0.15) is 25.5 Å². The van der Waals surface area contributed by atoms with Crippen molar-refractivity contribution in [3.63, 3.8) is 0 Å². The van der Waals surface area contributed by atoms with Crippen molar-refractivity contribution < 1.29 is 18.7 Å². The summed E-state index contributed by atoms with van der Waals surface area (Å²) in [5, 5.41) is 15.1. The Labute approximate surface area is 145 Å². The van der Waals surface area contributed by atoms with Crippen LogP contribution in [0.2, 0.25) is 0 Å². The van der Waals surface area contributed by atoms with E-state index in [4.69, 9.17) is 4.42 Å². The Hall–Kier alpha value is -2.41. The van der Waals surface area contributed by atoms with Gasteiger partial charge in [-0.1, -0.05) is 0 Å². The first-order valence-electron chi connectivity index (χ1n) is 8.37. The number of hydrogen-bond acceptors (Lipinski definition) is 4. The third-order valence-corrected chi connectivity index (χ3v) is 4.52. The van der Waals surface area contributed by atoms with Crippen molar-refractivity contribution in [2.24, 2.45) is 5.92 Å². The molecule has 1 aromatic carbocycles. The summed E-state index contributed by atoms with van der Waals surface area (Å²) < 4.78 is 18.3. The van der Waals surface area contributed by atoms with Crippen LogP contribution < -0.4 is 10.6 Å². The number of aliphatic hydroxyl groups excluding tert-OH is 1. The molecule has 1 aliphatic carbocycles. The number of oxazole rings is 1. The first kappa shape index (κ1) is 17.4. The van der Waals surface area contributed by atoms with Gasteiger partial charge in [-0.15, -0.1) is 0 Å². The number of urea groups is 1. The van der Waals surface area contributed by atoms with E-state index in [0.717, 1.165) is 12.8 Å². The van der Waals surface area contributed by atoms with Gasteiger partial charge in [0.2, 0.25) is 5.89 Å². The van der Waals surface area contributed by atoms with E-state index < -0.39 is 5.54 Å². The quantitative estimate of drug-likeness (QED) is 0.718. The van der Waals surface area contributed by atoms with Crippen LogP contribution in [0, 0.1) is 11.7 Å². The molecule has 1 saturated carbocycles. The number of nitrogens with one attached hydrogen (secondary N) is 2. The number of hydrogen-bond donors (Lipinski definition) is 3. The lowest BCUT2D eigenvalue weighted by Crippen LogP contribution is -2.54. The molecule has 1 heterocycles. The average molecular weight is 347 g/mol. The highest BCUT2D eigenvalue weighted by Crippen LogP contribution is 2.39. The highest BCUT2D eigenvalue weighted by molar-refractivity contribution is 5.74. The van der Waals surface area contributed by atoms with Crippen LogP contribution in [0.5, 0.6) is 0 Å². The molecule has 3 rings (SSSR count). The Morgan fingerprint density at radius 3 is 2.76 bits per heavy atom. The van der Waals surface area contributed by atoms with Gasteiger partial charge in [0.1, 0.15) is 12.1 Å². The molecular formula is C18H22FN3O3. The summed E-state index contributed by atoms with van der Waals surface area (Å²) in [6.45, 7) is 2.18. The van der Waals surface area contributed by atoms with Gasteiger partial charge in [-0.2, -0.15) is 0 Å². The lowest BCUT2D eigenvalue weighted by Gasteiger charge is -2.28. The van der Waals surface area contributed by atoms with Crippen molar-refractivity contribution in [2.45, 2.75) is 31.7 Å². The fourth-order valence-corrected chi connectivity index (χ4v) is 2.75. The van der Waals surface area contributed by atoms with Gasteiger partial charge in [0.15, 0.2) is 0 Å². The fourth-order valence-electron chi connectivity index (χ4n) is 2.75. The minimum absolute atomic E-state index is 0.0740. The first-order chi connectivity index (χ1) is 12.0. The van der Waals surface area contributed by atoms with E-state index in [-0.39, 0.29) is 18.5 Å². The number of aliphatic hydroxyl groups is 1. The van der Waals surface area contributed by atoms with Gasteiger partial charge in [-0.05, 0) is 49.9 Å². The minimum atomic E-state index is -0.562. The molecule has 0 aliphatic heterocycles. The van der Waals surface area contributed by atoms with E-state index in [1.54, 1.807) is 12.1 Å². The van der Waals surface area contributed by atoms with Crippen molar-refractivity contribution >= 4 is 6.03 Å². The number of benzene rings is 1. The maximum atomic E-state index is 12.9. The van der Waals surface area contributed by atoms with Crippen LogP contribution in [-0.2, 0) is 6.42 Å². The van der Waals surface area contributed by atoms with Crippen molar-refractivity contribution in [1.82, 2.24) is 15.6 Å². The number of aromatic nitrogens is 1. The second kappa shape index (κ2) is 7.23. The zero-order chi connectivity index (χ0) is 17.9. The Morgan fingerprint density at radius 1 is 1.40 bits per heavy atom. The largest absolute Gasteiger partial charge is 0.444 e. The van der Waals surface area contributed by atoms with Crippen LogP contribution in [0.3, 0.4) is 0 Å². The third kappa shape index (κ3) is 4.36. The van der Waals surface area contributed by atoms with E-state index in [2.05, 4.69) is 15.6 Å². The van der Waals surface area contributed by atoms with Crippen molar-refractivity contribution in [2.75, 3.05) is 13.2 Å². The molecular weight excluding hydrogens is 325 g/mol. The zero-order valence-corrected chi connectivity index (χ0v) is 14.1. The Kier molecular flexibility index (Phi) is 5.03. The van der Waals surface area contributed by atoms with E-state index >= 15 is 0 Å². The lowest BCUT2D eigenvalue weighted by atomic mass is 9.97. The molecule has 3 N–H and O–H groups in total. The molecule has 0 bridgehead atoms. The number of halogens is 1. The summed E-state index contributed by atoms with van der Waals surface area (Å²) in [7, 11) is 0. The normalized spacial score (nSPS) is 16.3. The summed E-state index contributed by atoms with van der Waals surface area (Å²) in [6, 6.07) is 5.60. The molecule has 6 nitrogen and oxygen atoms in total. The summed E-state index contributed by atoms with van der Waals surface area (Å²) in [5.41, 5.74) is 0.835. The molecule has 0 radical (unpaired) electrons. The van der Waals surface area contributed by atoms with E-state index in [0.29, 0.717) is 36.0 Å². The van der Waals surface area contributed by atoms with Crippen molar-refractivity contribution in [1.29, 1.82) is 0 Å². The van der Waals surface area contributed by atoms with E-state index in [1.165, 1.54) is 18.4 Å². The van der Waals surface area contributed by atoms with E-state index in [9.17, 15) is 14.3 Å². The summed E-state index contributed by atoms with van der Waals surface area (Å²) in [5.74, 6) is 0.449. The minimum Gasteiger partial charge on any atom is -0.444 e. The molecule has 0 saturated heterocycles. The average Bonchev–Trinajstić information content (AvgIpc) is 3.36. The Morgan fingerprint density at radius 2 is 2.12 bits per heavy atom. The molecule has 1 fully saturated rings. The number of carbonyl (C=O) groups excluding carboxylic acids is 1. The van der Waals surface area contributed by atoms with Crippen LogP contribution in [0.25, 0.3) is 11.5 Å². The first-order valence-corrected chi connectivity index (χ1v) is 8.37. The van der Waals surface area contributed by atoms with Gasteiger partial charge >= 0.3 is 6.03 Å². The second-order valence-corrected chi connectivity index (χ2v) is 6.63. The standard InChI is InChI=1S/C18H22FN3O3/c1-18(11-23,13-4-5-13)22-17(24)20-9-8-15-10-25-16(21-15)12-2-6-14(19)7-3-12/h2-3,6-7,10,13,23H,4-5,8-9,11H2,1H3,(H2,20,22,24).